The van der Waals surface area contributed by atoms with Crippen LogP contribution in [0.3, 0.4) is 0 Å². The Kier molecular flexibility index (Phi) is 4.07. The fourth-order valence-electron chi connectivity index (χ4n) is 1.86. The highest BCUT2D eigenvalue weighted by Gasteiger charge is 2.14. The van der Waals surface area contributed by atoms with Gasteiger partial charge in [-0.15, -0.1) is 0 Å². The van der Waals surface area contributed by atoms with Crippen molar-refractivity contribution in [1.82, 2.24) is 9.78 Å². The van der Waals surface area contributed by atoms with Gasteiger partial charge in [0.25, 0.3) is 5.91 Å². The lowest BCUT2D eigenvalue weighted by atomic mass is 10.0. The summed E-state index contributed by atoms with van der Waals surface area (Å²) < 4.78 is 1.63. The average Bonchev–Trinajstić information content (AvgIpc) is 2.79. The van der Waals surface area contributed by atoms with Gasteiger partial charge in [0.1, 0.15) is 0 Å². The van der Waals surface area contributed by atoms with Crippen molar-refractivity contribution in [2.75, 3.05) is 5.32 Å². The molecule has 0 radical (unpaired) electrons. The number of aryl methyl sites for hydroxylation is 2. The number of carbonyl (C=O) groups excluding carboxylic acids is 1. The van der Waals surface area contributed by atoms with Crippen LogP contribution in [0.15, 0.2) is 30.3 Å². The normalized spacial score (nSPS) is 12.0. The lowest BCUT2D eigenvalue weighted by Crippen LogP contribution is -2.13. The molecule has 1 unspecified atom stereocenters. The molecule has 0 saturated carbocycles. The number of carboxylic acid groups (broad SMARTS) is 1. The van der Waals surface area contributed by atoms with Crippen LogP contribution in [0.1, 0.15) is 34.6 Å². The van der Waals surface area contributed by atoms with E-state index in [9.17, 15) is 9.59 Å². The fourth-order valence-corrected chi connectivity index (χ4v) is 1.86. The zero-order valence-corrected chi connectivity index (χ0v) is 12.1. The van der Waals surface area contributed by atoms with Crippen LogP contribution in [0, 0.1) is 6.92 Å². The predicted octanol–water partition coefficient (Wildman–Crippen LogP) is 2.17. The molecule has 110 valence electrons. The van der Waals surface area contributed by atoms with Gasteiger partial charge >= 0.3 is 5.97 Å². The molecule has 21 heavy (non-hydrogen) atoms. The van der Waals surface area contributed by atoms with Gasteiger partial charge in [0, 0.05) is 18.4 Å². The molecular formula is C15H17N3O3. The molecule has 2 aromatic rings. The molecule has 1 aromatic heterocycles. The number of hydrogen-bond donors (Lipinski definition) is 2. The van der Waals surface area contributed by atoms with Crippen LogP contribution in [-0.2, 0) is 11.8 Å². The smallest absolute Gasteiger partial charge is 0.310 e. The molecule has 0 bridgehead atoms. The van der Waals surface area contributed by atoms with Crippen molar-refractivity contribution in [1.29, 1.82) is 0 Å². The van der Waals surface area contributed by atoms with E-state index in [1.54, 1.807) is 49.0 Å². The Hall–Kier alpha value is -2.63. The summed E-state index contributed by atoms with van der Waals surface area (Å²) >= 11 is 0. The van der Waals surface area contributed by atoms with Crippen molar-refractivity contribution in [3.05, 3.63) is 47.3 Å². The zero-order chi connectivity index (χ0) is 15.6. The molecule has 1 atom stereocenters. The second-order valence-electron chi connectivity index (χ2n) is 4.93. The van der Waals surface area contributed by atoms with Gasteiger partial charge in [0.15, 0.2) is 5.69 Å². The van der Waals surface area contributed by atoms with E-state index in [1.807, 2.05) is 6.92 Å². The number of rotatable bonds is 4. The third kappa shape index (κ3) is 3.28. The second-order valence-corrected chi connectivity index (χ2v) is 4.93. The number of carboxylic acids is 1. The third-order valence-corrected chi connectivity index (χ3v) is 3.39. The Morgan fingerprint density at radius 3 is 2.38 bits per heavy atom. The topological polar surface area (TPSA) is 84.2 Å². The SMILES string of the molecule is Cc1cc(C(=O)Nc2ccc(C(C)C(=O)O)cc2)nn1C. The maximum Gasteiger partial charge on any atom is 0.310 e. The molecule has 0 spiro atoms. The van der Waals surface area contributed by atoms with Gasteiger partial charge in [-0.2, -0.15) is 5.10 Å². The predicted molar refractivity (Wildman–Crippen MR) is 78.4 cm³/mol. The van der Waals surface area contributed by atoms with Crippen LogP contribution in [0.25, 0.3) is 0 Å². The first-order chi connectivity index (χ1) is 9.88. The lowest BCUT2D eigenvalue weighted by Gasteiger charge is -2.08. The molecule has 1 heterocycles. The number of benzene rings is 1. The van der Waals surface area contributed by atoms with Crippen LogP contribution < -0.4 is 5.32 Å². The monoisotopic (exact) mass is 287 g/mol. The fraction of sp³-hybridized carbons (Fsp3) is 0.267. The number of aliphatic carboxylic acids is 1. The van der Waals surface area contributed by atoms with Gasteiger partial charge in [-0.3, -0.25) is 14.3 Å². The molecule has 6 heteroatoms. The van der Waals surface area contributed by atoms with Gasteiger partial charge in [0.2, 0.25) is 0 Å². The van der Waals surface area contributed by atoms with E-state index in [-0.39, 0.29) is 5.91 Å². The summed E-state index contributed by atoms with van der Waals surface area (Å²) in [7, 11) is 1.77. The van der Waals surface area contributed by atoms with E-state index in [2.05, 4.69) is 10.4 Å². The highest BCUT2D eigenvalue weighted by molar-refractivity contribution is 6.02. The van der Waals surface area contributed by atoms with E-state index in [1.165, 1.54) is 0 Å². The highest BCUT2D eigenvalue weighted by Crippen LogP contribution is 2.18. The Morgan fingerprint density at radius 1 is 1.29 bits per heavy atom. The first kappa shape index (κ1) is 14.8. The van der Waals surface area contributed by atoms with Crippen LogP contribution in [0.5, 0.6) is 0 Å². The van der Waals surface area contributed by atoms with Crippen molar-refractivity contribution in [3.8, 4) is 0 Å². The summed E-state index contributed by atoms with van der Waals surface area (Å²) in [6.07, 6.45) is 0. The minimum atomic E-state index is -0.879. The Morgan fingerprint density at radius 2 is 1.90 bits per heavy atom. The van der Waals surface area contributed by atoms with E-state index in [4.69, 9.17) is 5.11 Å². The molecule has 6 nitrogen and oxygen atoms in total. The lowest BCUT2D eigenvalue weighted by molar-refractivity contribution is -0.138. The summed E-state index contributed by atoms with van der Waals surface area (Å²) in [5.41, 5.74) is 2.53. The number of hydrogen-bond acceptors (Lipinski definition) is 3. The number of aromatic nitrogens is 2. The van der Waals surface area contributed by atoms with Crippen molar-refractivity contribution in [2.24, 2.45) is 7.05 Å². The molecule has 2 N–H and O–H groups in total. The summed E-state index contributed by atoms with van der Waals surface area (Å²) in [4.78, 5) is 22.9. The summed E-state index contributed by atoms with van der Waals surface area (Å²) in [6, 6.07) is 8.46. The Balaban J connectivity index is 2.10. The van der Waals surface area contributed by atoms with Crippen molar-refractivity contribution >= 4 is 17.6 Å². The molecule has 0 aliphatic rings. The van der Waals surface area contributed by atoms with E-state index in [0.717, 1.165) is 5.69 Å². The average molecular weight is 287 g/mol. The van der Waals surface area contributed by atoms with E-state index < -0.39 is 11.9 Å². The molecule has 0 saturated heterocycles. The number of carbonyl (C=O) groups is 2. The summed E-state index contributed by atoms with van der Waals surface area (Å²) in [5, 5.41) is 15.8. The molecule has 0 fully saturated rings. The van der Waals surface area contributed by atoms with Crippen molar-refractivity contribution < 1.29 is 14.7 Å². The van der Waals surface area contributed by atoms with Crippen LogP contribution >= 0.6 is 0 Å². The van der Waals surface area contributed by atoms with Gasteiger partial charge in [-0.1, -0.05) is 12.1 Å². The zero-order valence-electron chi connectivity index (χ0n) is 12.1. The standard InChI is InChI=1S/C15H17N3O3/c1-9-8-13(17-18(9)3)14(19)16-12-6-4-11(5-7-12)10(2)15(20)21/h4-8,10H,1-3H3,(H,16,19)(H,20,21). The molecule has 2 rings (SSSR count). The maximum atomic E-state index is 12.0. The largest absolute Gasteiger partial charge is 0.481 e. The molecule has 1 aromatic carbocycles. The van der Waals surface area contributed by atoms with Gasteiger partial charge < -0.3 is 10.4 Å². The van der Waals surface area contributed by atoms with E-state index in [0.29, 0.717) is 16.9 Å². The molecule has 0 aliphatic carbocycles. The number of anilines is 1. The summed E-state index contributed by atoms with van der Waals surface area (Å²) in [6.45, 7) is 3.48. The molecule has 0 aliphatic heterocycles. The third-order valence-electron chi connectivity index (χ3n) is 3.39. The minimum Gasteiger partial charge on any atom is -0.481 e. The Bertz CT molecular complexity index is 654. The highest BCUT2D eigenvalue weighted by atomic mass is 16.4. The number of nitrogens with zero attached hydrogens (tertiary/aromatic N) is 2. The first-order valence-corrected chi connectivity index (χ1v) is 6.53. The quantitative estimate of drug-likeness (QED) is 0.902. The van der Waals surface area contributed by atoms with Gasteiger partial charge in [0.05, 0.1) is 5.92 Å². The molecule has 1 amide bonds. The molecular weight excluding hydrogens is 270 g/mol. The minimum absolute atomic E-state index is 0.294. The van der Waals surface area contributed by atoms with Crippen LogP contribution in [0.2, 0.25) is 0 Å². The van der Waals surface area contributed by atoms with Crippen LogP contribution in [-0.4, -0.2) is 26.8 Å². The van der Waals surface area contributed by atoms with Crippen molar-refractivity contribution in [3.63, 3.8) is 0 Å². The second kappa shape index (κ2) is 5.78. The first-order valence-electron chi connectivity index (χ1n) is 6.53. The maximum absolute atomic E-state index is 12.0. The Labute approximate surface area is 122 Å². The number of amides is 1. The van der Waals surface area contributed by atoms with Gasteiger partial charge in [-0.25, -0.2) is 0 Å². The van der Waals surface area contributed by atoms with E-state index >= 15 is 0 Å². The van der Waals surface area contributed by atoms with Crippen molar-refractivity contribution in [2.45, 2.75) is 19.8 Å². The number of nitrogens with one attached hydrogen (secondary N) is 1. The van der Waals surface area contributed by atoms with Gasteiger partial charge in [-0.05, 0) is 37.6 Å². The van der Waals surface area contributed by atoms with Crippen LogP contribution in [0.4, 0.5) is 5.69 Å². The summed E-state index contributed by atoms with van der Waals surface area (Å²) in [5.74, 6) is -1.75.